The van der Waals surface area contributed by atoms with E-state index in [4.69, 9.17) is 5.11 Å². The van der Waals surface area contributed by atoms with Gasteiger partial charge < -0.3 is 15.3 Å². The van der Waals surface area contributed by atoms with Gasteiger partial charge in [-0.05, 0) is 18.1 Å². The van der Waals surface area contributed by atoms with Crippen molar-refractivity contribution in [2.75, 3.05) is 25.6 Å². The van der Waals surface area contributed by atoms with Gasteiger partial charge in [0.15, 0.2) is 0 Å². The summed E-state index contributed by atoms with van der Waals surface area (Å²) in [5.41, 5.74) is 1.14. The number of rotatable bonds is 6. The molecule has 1 rings (SSSR count). The quantitative estimate of drug-likeness (QED) is 0.755. The van der Waals surface area contributed by atoms with Gasteiger partial charge in [-0.3, -0.25) is 0 Å². The molecule has 0 aliphatic heterocycles. The van der Waals surface area contributed by atoms with Crippen LogP contribution in [0.15, 0.2) is 18.3 Å². The maximum absolute atomic E-state index is 9.04. The van der Waals surface area contributed by atoms with Gasteiger partial charge in [-0.15, -0.1) is 0 Å². The van der Waals surface area contributed by atoms with Crippen molar-refractivity contribution in [2.24, 2.45) is 0 Å². The third kappa shape index (κ3) is 3.79. The van der Waals surface area contributed by atoms with Crippen LogP contribution in [0.2, 0.25) is 0 Å². The SMILES string of the molecule is CCC(CO)NCc1ccc(N(C)C)nc1. The molecule has 0 aromatic carbocycles. The van der Waals surface area contributed by atoms with E-state index in [1.807, 2.05) is 31.3 Å². The number of pyridine rings is 1. The second-order valence-corrected chi connectivity index (χ2v) is 4.09. The number of aliphatic hydroxyl groups is 1. The fourth-order valence-electron chi connectivity index (χ4n) is 1.39. The third-order valence-electron chi connectivity index (χ3n) is 2.58. The highest BCUT2D eigenvalue weighted by atomic mass is 16.3. The molecule has 0 amide bonds. The topological polar surface area (TPSA) is 48.4 Å². The van der Waals surface area contributed by atoms with E-state index in [9.17, 15) is 0 Å². The van der Waals surface area contributed by atoms with Gasteiger partial charge in [0.1, 0.15) is 5.82 Å². The second-order valence-electron chi connectivity index (χ2n) is 4.09. The Hall–Kier alpha value is -1.13. The summed E-state index contributed by atoms with van der Waals surface area (Å²) >= 11 is 0. The summed E-state index contributed by atoms with van der Waals surface area (Å²) in [6.45, 7) is 2.99. The summed E-state index contributed by atoms with van der Waals surface area (Å²) < 4.78 is 0. The van der Waals surface area contributed by atoms with Crippen molar-refractivity contribution in [1.82, 2.24) is 10.3 Å². The fraction of sp³-hybridized carbons (Fsp3) is 0.583. The van der Waals surface area contributed by atoms with Crippen LogP contribution in [0.25, 0.3) is 0 Å². The molecule has 0 spiro atoms. The van der Waals surface area contributed by atoms with E-state index in [1.165, 1.54) is 0 Å². The number of hydrogen-bond acceptors (Lipinski definition) is 4. The van der Waals surface area contributed by atoms with Crippen LogP contribution < -0.4 is 10.2 Å². The Balaban J connectivity index is 2.49. The molecular weight excluding hydrogens is 202 g/mol. The maximum atomic E-state index is 9.04. The van der Waals surface area contributed by atoms with Crippen LogP contribution in [0.1, 0.15) is 18.9 Å². The number of aromatic nitrogens is 1. The minimum absolute atomic E-state index is 0.175. The highest BCUT2D eigenvalue weighted by molar-refractivity contribution is 5.37. The molecule has 0 bridgehead atoms. The van der Waals surface area contributed by atoms with Crippen molar-refractivity contribution in [3.63, 3.8) is 0 Å². The zero-order valence-electron chi connectivity index (χ0n) is 10.3. The number of anilines is 1. The Kier molecular flexibility index (Phi) is 5.22. The normalized spacial score (nSPS) is 12.5. The molecule has 1 atom stereocenters. The summed E-state index contributed by atoms with van der Waals surface area (Å²) in [7, 11) is 3.94. The smallest absolute Gasteiger partial charge is 0.127 e. The predicted octanol–water partition coefficient (Wildman–Crippen LogP) is 1.01. The summed E-state index contributed by atoms with van der Waals surface area (Å²) in [5.74, 6) is 0.956. The van der Waals surface area contributed by atoms with E-state index in [-0.39, 0.29) is 12.6 Å². The van der Waals surface area contributed by atoms with Crippen molar-refractivity contribution in [1.29, 1.82) is 0 Å². The van der Waals surface area contributed by atoms with Crippen molar-refractivity contribution in [2.45, 2.75) is 25.9 Å². The largest absolute Gasteiger partial charge is 0.395 e. The van der Waals surface area contributed by atoms with Crippen LogP contribution in [0.5, 0.6) is 0 Å². The van der Waals surface area contributed by atoms with Gasteiger partial charge in [-0.2, -0.15) is 0 Å². The molecule has 0 radical (unpaired) electrons. The van der Waals surface area contributed by atoms with Crippen LogP contribution in [0, 0.1) is 0 Å². The lowest BCUT2D eigenvalue weighted by Gasteiger charge is -2.15. The van der Waals surface area contributed by atoms with Gasteiger partial charge in [0.05, 0.1) is 6.61 Å². The van der Waals surface area contributed by atoms with E-state index in [2.05, 4.69) is 23.3 Å². The lowest BCUT2D eigenvalue weighted by atomic mass is 10.2. The van der Waals surface area contributed by atoms with E-state index in [1.54, 1.807) is 0 Å². The van der Waals surface area contributed by atoms with Gasteiger partial charge in [-0.1, -0.05) is 13.0 Å². The molecule has 4 nitrogen and oxygen atoms in total. The van der Waals surface area contributed by atoms with Crippen LogP contribution in [0.3, 0.4) is 0 Å². The highest BCUT2D eigenvalue weighted by Crippen LogP contribution is 2.07. The first-order valence-electron chi connectivity index (χ1n) is 5.63. The zero-order chi connectivity index (χ0) is 12.0. The Morgan fingerprint density at radius 1 is 1.44 bits per heavy atom. The average molecular weight is 223 g/mol. The first-order valence-corrected chi connectivity index (χ1v) is 5.63. The average Bonchev–Trinajstić information content (AvgIpc) is 2.31. The van der Waals surface area contributed by atoms with Crippen LogP contribution in [-0.2, 0) is 6.54 Å². The summed E-state index contributed by atoms with van der Waals surface area (Å²) in [5, 5.41) is 12.3. The Morgan fingerprint density at radius 2 is 2.19 bits per heavy atom. The Labute approximate surface area is 97.3 Å². The number of aliphatic hydroxyl groups excluding tert-OH is 1. The molecule has 0 saturated carbocycles. The zero-order valence-corrected chi connectivity index (χ0v) is 10.3. The molecular formula is C12H21N3O. The molecule has 4 heteroatoms. The molecule has 1 unspecified atom stereocenters. The van der Waals surface area contributed by atoms with Gasteiger partial charge >= 0.3 is 0 Å². The van der Waals surface area contributed by atoms with Crippen molar-refractivity contribution in [3.8, 4) is 0 Å². The summed E-state index contributed by atoms with van der Waals surface area (Å²) in [4.78, 5) is 6.30. The summed E-state index contributed by atoms with van der Waals surface area (Å²) in [6.07, 6.45) is 2.80. The van der Waals surface area contributed by atoms with E-state index in [0.29, 0.717) is 0 Å². The molecule has 0 fully saturated rings. The van der Waals surface area contributed by atoms with Crippen LogP contribution in [-0.4, -0.2) is 36.8 Å². The maximum Gasteiger partial charge on any atom is 0.127 e. The first kappa shape index (κ1) is 12.9. The number of nitrogens with one attached hydrogen (secondary N) is 1. The predicted molar refractivity (Wildman–Crippen MR) is 66.6 cm³/mol. The molecule has 0 aliphatic rings. The molecule has 1 aromatic heterocycles. The van der Waals surface area contributed by atoms with Crippen molar-refractivity contribution in [3.05, 3.63) is 23.9 Å². The van der Waals surface area contributed by atoms with Gasteiger partial charge in [0.25, 0.3) is 0 Å². The van der Waals surface area contributed by atoms with Crippen molar-refractivity contribution < 1.29 is 5.11 Å². The molecule has 16 heavy (non-hydrogen) atoms. The lowest BCUT2D eigenvalue weighted by Crippen LogP contribution is -2.31. The molecule has 0 aliphatic carbocycles. The Bertz CT molecular complexity index is 294. The molecule has 1 aromatic rings. The lowest BCUT2D eigenvalue weighted by molar-refractivity contribution is 0.238. The molecule has 90 valence electrons. The van der Waals surface area contributed by atoms with Crippen molar-refractivity contribution >= 4 is 5.82 Å². The number of hydrogen-bond donors (Lipinski definition) is 2. The van der Waals surface area contributed by atoms with Crippen LogP contribution in [0.4, 0.5) is 5.82 Å². The van der Waals surface area contributed by atoms with E-state index in [0.717, 1.165) is 24.3 Å². The molecule has 0 saturated heterocycles. The minimum Gasteiger partial charge on any atom is -0.395 e. The number of nitrogens with zero attached hydrogens (tertiary/aromatic N) is 2. The van der Waals surface area contributed by atoms with Crippen LogP contribution >= 0.6 is 0 Å². The van der Waals surface area contributed by atoms with Gasteiger partial charge in [-0.25, -0.2) is 4.98 Å². The van der Waals surface area contributed by atoms with E-state index < -0.39 is 0 Å². The van der Waals surface area contributed by atoms with Gasteiger partial charge in [0, 0.05) is 32.9 Å². The first-order chi connectivity index (χ1) is 7.67. The van der Waals surface area contributed by atoms with Gasteiger partial charge in [0.2, 0.25) is 0 Å². The minimum atomic E-state index is 0.175. The standard InChI is InChI=1S/C12H21N3O/c1-4-11(9-16)13-7-10-5-6-12(14-8-10)15(2)3/h5-6,8,11,13,16H,4,7,9H2,1-3H3. The highest BCUT2D eigenvalue weighted by Gasteiger charge is 2.03. The second kappa shape index (κ2) is 6.45. The Morgan fingerprint density at radius 3 is 2.62 bits per heavy atom. The third-order valence-corrected chi connectivity index (χ3v) is 2.58. The monoisotopic (exact) mass is 223 g/mol. The van der Waals surface area contributed by atoms with E-state index >= 15 is 0 Å². The fourth-order valence-corrected chi connectivity index (χ4v) is 1.39. The molecule has 1 heterocycles. The summed E-state index contributed by atoms with van der Waals surface area (Å²) in [6, 6.07) is 4.23. The molecule has 2 N–H and O–H groups in total.